The van der Waals surface area contributed by atoms with Gasteiger partial charge in [0, 0.05) is 88.0 Å². The van der Waals surface area contributed by atoms with Crippen LogP contribution in [0.4, 0.5) is 4.79 Å². The number of aryl methyl sites for hydroxylation is 1. The summed E-state index contributed by atoms with van der Waals surface area (Å²) in [6, 6.07) is 7.77. The molecule has 0 spiro atoms. The summed E-state index contributed by atoms with van der Waals surface area (Å²) in [4.78, 5) is 71.5. The molecule has 15 nitrogen and oxygen atoms in total. The van der Waals surface area contributed by atoms with E-state index in [1.807, 2.05) is 45.5 Å². The summed E-state index contributed by atoms with van der Waals surface area (Å²) in [6.07, 6.45) is 3.48. The number of methoxy groups -OCH3 is 2. The minimum atomic E-state index is -1.02. The van der Waals surface area contributed by atoms with E-state index in [1.54, 1.807) is 31.1 Å². The van der Waals surface area contributed by atoms with Gasteiger partial charge in [0.2, 0.25) is 11.8 Å². The summed E-state index contributed by atoms with van der Waals surface area (Å²) in [5.74, 6) is -1.16. The maximum atomic E-state index is 14.6. The number of hydrogen-bond acceptors (Lipinski definition) is 10. The number of carbonyl (C=O) groups is 4. The fraction of sp³-hybridized carbons (Fsp3) is 0.565. The van der Waals surface area contributed by atoms with Gasteiger partial charge >= 0.3 is 6.03 Å². The van der Waals surface area contributed by atoms with Crippen molar-refractivity contribution < 1.29 is 28.7 Å². The third kappa shape index (κ3) is 8.97. The average molecular weight is 870 g/mol. The molecule has 5 amide bonds. The Morgan fingerprint density at radius 1 is 1.11 bits per heavy atom. The molecular weight excluding hydrogens is 807 g/mol. The highest BCUT2D eigenvalue weighted by Gasteiger charge is 2.41. The first-order valence-electron chi connectivity index (χ1n) is 21.8. The fourth-order valence-electron chi connectivity index (χ4n) is 9.46. The van der Waals surface area contributed by atoms with Gasteiger partial charge in [-0.05, 0) is 74.3 Å². The predicted molar refractivity (Wildman–Crippen MR) is 240 cm³/mol. The zero-order valence-corrected chi connectivity index (χ0v) is 38.7. The zero-order chi connectivity index (χ0) is 44.6. The molecule has 0 unspecified atom stereocenters. The highest BCUT2D eigenvalue weighted by atomic mass is 32.1. The van der Waals surface area contributed by atoms with Crippen LogP contribution in [0.3, 0.4) is 0 Å². The molecule has 0 radical (unpaired) electrons. The first-order valence-corrected chi connectivity index (χ1v) is 22.7. The minimum Gasteiger partial charge on any atom is -0.378 e. The molecule has 2 N–H and O–H groups in total. The summed E-state index contributed by atoms with van der Waals surface area (Å²) < 4.78 is 13.5. The van der Waals surface area contributed by atoms with E-state index in [1.165, 1.54) is 21.2 Å². The molecule has 6 bridgehead atoms. The van der Waals surface area contributed by atoms with Crippen molar-refractivity contribution in [1.29, 1.82) is 0 Å². The first-order chi connectivity index (χ1) is 29.5. The van der Waals surface area contributed by atoms with Crippen LogP contribution >= 0.6 is 11.3 Å². The first kappa shape index (κ1) is 45.1. The number of hydrogen-bond donors (Lipinski definition) is 2. The number of urea groups is 1. The van der Waals surface area contributed by atoms with Gasteiger partial charge in [0.1, 0.15) is 18.1 Å². The van der Waals surface area contributed by atoms with Crippen LogP contribution in [0.25, 0.3) is 33.4 Å². The highest BCUT2D eigenvalue weighted by molar-refractivity contribution is 7.10. The Bertz CT molecular complexity index is 2300. The Kier molecular flexibility index (Phi) is 13.4. The Labute approximate surface area is 369 Å². The molecule has 2 fully saturated rings. The Hall–Kier alpha value is -4.90. The van der Waals surface area contributed by atoms with Crippen LogP contribution < -0.4 is 10.7 Å². The van der Waals surface area contributed by atoms with E-state index in [0.717, 1.165) is 51.2 Å². The molecule has 6 heterocycles. The number of benzene rings is 1. The van der Waals surface area contributed by atoms with Crippen molar-refractivity contribution in [3.8, 4) is 22.5 Å². The number of likely N-dealkylation sites (tertiary alicyclic amines) is 1. The summed E-state index contributed by atoms with van der Waals surface area (Å²) in [5.41, 5.74) is 9.78. The third-order valence-corrected chi connectivity index (χ3v) is 13.5. The summed E-state index contributed by atoms with van der Waals surface area (Å²) in [5, 5.41) is 8.30. The number of aromatic nitrogens is 3. The van der Waals surface area contributed by atoms with Crippen LogP contribution in [0.1, 0.15) is 76.8 Å². The van der Waals surface area contributed by atoms with Crippen molar-refractivity contribution in [1.82, 2.24) is 45.0 Å². The Morgan fingerprint density at radius 3 is 2.56 bits per heavy atom. The van der Waals surface area contributed by atoms with Crippen molar-refractivity contribution in [2.24, 2.45) is 11.3 Å². The molecule has 1 aromatic carbocycles. The summed E-state index contributed by atoms with van der Waals surface area (Å²) in [6.45, 7) is 14.8. The molecule has 2 saturated heterocycles. The van der Waals surface area contributed by atoms with Gasteiger partial charge in [0.15, 0.2) is 0 Å². The Balaban J connectivity index is 1.30. The molecule has 16 heteroatoms. The molecule has 3 aliphatic heterocycles. The predicted octanol–water partition coefficient (Wildman–Crippen LogP) is 5.52. The van der Waals surface area contributed by atoms with Crippen LogP contribution in [0.5, 0.6) is 0 Å². The largest absolute Gasteiger partial charge is 0.378 e. The van der Waals surface area contributed by atoms with Crippen molar-refractivity contribution in [3.05, 3.63) is 58.2 Å². The van der Waals surface area contributed by atoms with Crippen molar-refractivity contribution in [2.45, 2.75) is 104 Å². The van der Waals surface area contributed by atoms with E-state index in [4.69, 9.17) is 19.4 Å². The molecule has 4 aromatic rings. The van der Waals surface area contributed by atoms with Crippen molar-refractivity contribution >= 4 is 46.0 Å². The second kappa shape index (κ2) is 18.4. The summed E-state index contributed by atoms with van der Waals surface area (Å²) >= 11 is 1.43. The van der Waals surface area contributed by atoms with Crippen LogP contribution in [-0.2, 0) is 43.2 Å². The maximum absolute atomic E-state index is 14.6. The molecule has 334 valence electrons. The van der Waals surface area contributed by atoms with Crippen LogP contribution in [0, 0.1) is 11.3 Å². The minimum absolute atomic E-state index is 0.0328. The number of amides is 5. The smallest absolute Gasteiger partial charge is 0.320 e. The second-order valence-electron chi connectivity index (χ2n) is 18.2. The number of fused-ring (bicyclic) bond motifs is 6. The number of nitrogens with one attached hydrogen (secondary N) is 2. The van der Waals surface area contributed by atoms with Crippen molar-refractivity contribution in [2.75, 3.05) is 54.5 Å². The van der Waals surface area contributed by atoms with Gasteiger partial charge in [-0.15, -0.1) is 11.3 Å². The number of nitrogens with zero attached hydrogens (tertiary/aromatic N) is 7. The lowest BCUT2D eigenvalue weighted by atomic mass is 9.83. The zero-order valence-electron chi connectivity index (χ0n) is 37.9. The number of thiazole rings is 1. The van der Waals surface area contributed by atoms with Crippen LogP contribution in [0.2, 0.25) is 0 Å². The van der Waals surface area contributed by atoms with Gasteiger partial charge in [-0.3, -0.25) is 24.4 Å². The van der Waals surface area contributed by atoms with Gasteiger partial charge in [0.05, 0.1) is 47.4 Å². The second-order valence-corrected chi connectivity index (χ2v) is 19.1. The van der Waals surface area contributed by atoms with Gasteiger partial charge < -0.3 is 34.1 Å². The van der Waals surface area contributed by atoms with E-state index in [2.05, 4.69) is 60.3 Å². The fourth-order valence-corrected chi connectivity index (χ4v) is 10.3. The maximum Gasteiger partial charge on any atom is 0.320 e. The lowest BCUT2D eigenvalue weighted by Crippen LogP contribution is -2.64. The lowest BCUT2D eigenvalue weighted by molar-refractivity contribution is -0.146. The van der Waals surface area contributed by atoms with Crippen LogP contribution in [-0.4, -0.2) is 137 Å². The number of carbonyl (C=O) groups excluding carboxylic acids is 4. The number of ether oxygens (including phenoxy) is 2. The molecule has 4 atom stereocenters. The van der Waals surface area contributed by atoms with Crippen molar-refractivity contribution in [3.63, 3.8) is 0 Å². The van der Waals surface area contributed by atoms with Gasteiger partial charge in [-0.2, -0.15) is 0 Å². The lowest BCUT2D eigenvalue weighted by Gasteiger charge is -2.42. The standard InChI is InChI=1S/C46H63N9O6S/c1-11-54-37-17-16-29-20-32(37)33(41(54)31-14-12-18-47-39(31)28(4)60-9)22-46(5,6)26-51(7)43(57)34-15-13-19-55(50-34)44(58)35(21-38-48-36(29)25-62-38)49-42(56)40(27(2)3)52(8)45(59)53-23-30(24-53)61-10/h12,14,16-18,20,25,27-28,30,34-35,40,50H,11,13,15,19,21-24,26H2,1-10H3,(H,49,56)/t28-,34-,35-,40-/m0/s1. The highest BCUT2D eigenvalue weighted by Crippen LogP contribution is 2.42. The molecule has 3 aliphatic rings. The topological polar surface area (TPSA) is 154 Å². The number of likely N-dealkylation sites (N-methyl/N-ethyl adjacent to an activating group) is 2. The SMILES string of the molecule is CCn1c(-c2cccnc2[C@H](C)OC)c2c3cc(ccc31)-c1csc(n1)C[C@H](NC(=O)[C@H](C(C)C)N(C)C(=O)N1CC(OC)C1)C(=O)N1CCC[C@H](N1)C(=O)N(C)CC(C)(C)C2. The van der Waals surface area contributed by atoms with E-state index < -0.39 is 24.0 Å². The van der Waals surface area contributed by atoms with Crippen LogP contribution in [0.15, 0.2) is 41.9 Å². The van der Waals surface area contributed by atoms with E-state index in [-0.39, 0.29) is 47.8 Å². The monoisotopic (exact) mass is 869 g/mol. The normalized spacial score (nSPS) is 20.9. The van der Waals surface area contributed by atoms with E-state index in [0.29, 0.717) is 50.4 Å². The molecular formula is C46H63N9O6S. The van der Waals surface area contributed by atoms with Gasteiger partial charge in [-0.25, -0.2) is 15.2 Å². The summed E-state index contributed by atoms with van der Waals surface area (Å²) in [7, 11) is 6.78. The Morgan fingerprint density at radius 2 is 1.87 bits per heavy atom. The van der Waals surface area contributed by atoms with E-state index >= 15 is 0 Å². The van der Waals surface area contributed by atoms with Gasteiger partial charge in [0.25, 0.3) is 5.91 Å². The van der Waals surface area contributed by atoms with Gasteiger partial charge in [-0.1, -0.05) is 33.8 Å². The molecule has 7 rings (SSSR count). The molecule has 0 aliphatic carbocycles. The molecule has 3 aromatic heterocycles. The van der Waals surface area contributed by atoms with E-state index in [9.17, 15) is 19.2 Å². The molecule has 0 saturated carbocycles. The number of pyridine rings is 1. The quantitative estimate of drug-likeness (QED) is 0.221. The third-order valence-electron chi connectivity index (χ3n) is 12.7. The average Bonchev–Trinajstić information content (AvgIpc) is 3.83. The number of hydrazine groups is 1. The number of rotatable bonds is 9. The molecule has 62 heavy (non-hydrogen) atoms.